The zero-order valence-corrected chi connectivity index (χ0v) is 24.2. The minimum Gasteiger partial charge on any atom is -0.493 e. The van der Waals surface area contributed by atoms with Crippen LogP contribution in [-0.4, -0.2) is 43.3 Å². The molecule has 3 atom stereocenters. The van der Waals surface area contributed by atoms with Crippen molar-refractivity contribution >= 4 is 17.9 Å². The molecule has 7 nitrogen and oxygen atoms in total. The van der Waals surface area contributed by atoms with Crippen LogP contribution < -0.4 is 4.74 Å². The number of para-hydroxylation sites is 1. The molecule has 0 spiro atoms. The van der Waals surface area contributed by atoms with E-state index in [1.165, 1.54) is 0 Å². The van der Waals surface area contributed by atoms with Gasteiger partial charge in [0.1, 0.15) is 5.75 Å². The first kappa shape index (κ1) is 31.9. The first-order valence-electron chi connectivity index (χ1n) is 13.9. The topological polar surface area (TPSA) is 88.1 Å². The van der Waals surface area contributed by atoms with Gasteiger partial charge in [-0.05, 0) is 65.0 Å². The van der Waals surface area contributed by atoms with Crippen molar-refractivity contribution in [1.29, 1.82) is 0 Å². The molecule has 0 aromatic heterocycles. The Balaban J connectivity index is 1.77. The van der Waals surface area contributed by atoms with Gasteiger partial charge in [0.05, 0.1) is 43.2 Å². The van der Waals surface area contributed by atoms with Crippen LogP contribution in [0.1, 0.15) is 67.2 Å². The van der Waals surface area contributed by atoms with Gasteiger partial charge in [-0.15, -0.1) is 0 Å². The van der Waals surface area contributed by atoms with Gasteiger partial charge in [0, 0.05) is 5.56 Å². The van der Waals surface area contributed by atoms with Gasteiger partial charge in [0.15, 0.2) is 0 Å². The molecule has 0 N–H and O–H groups in total. The molecule has 7 heteroatoms. The molecule has 0 aliphatic heterocycles. The summed E-state index contributed by atoms with van der Waals surface area (Å²) in [6, 6.07) is 18.1. The normalized spacial score (nSPS) is 13.4. The van der Waals surface area contributed by atoms with Gasteiger partial charge >= 0.3 is 17.9 Å². The van der Waals surface area contributed by atoms with Crippen LogP contribution in [0.4, 0.5) is 0 Å². The van der Waals surface area contributed by atoms with E-state index in [4.69, 9.17) is 18.9 Å². The van der Waals surface area contributed by atoms with Crippen LogP contribution in [0, 0.1) is 17.8 Å². The Morgan fingerprint density at radius 3 is 1.92 bits per heavy atom. The summed E-state index contributed by atoms with van der Waals surface area (Å²) in [5.74, 6) is -2.63. The van der Waals surface area contributed by atoms with Crippen LogP contribution in [-0.2, 0) is 28.6 Å². The Kier molecular flexibility index (Phi) is 13.5. The fourth-order valence-corrected chi connectivity index (χ4v) is 4.13. The summed E-state index contributed by atoms with van der Waals surface area (Å²) in [7, 11) is 0. The maximum absolute atomic E-state index is 12.7. The van der Waals surface area contributed by atoms with E-state index in [9.17, 15) is 14.4 Å². The number of hydrogen-bond donors (Lipinski definition) is 0. The number of rotatable bonds is 16. The van der Waals surface area contributed by atoms with Gasteiger partial charge in [-0.2, -0.15) is 0 Å². The molecule has 214 valence electrons. The summed E-state index contributed by atoms with van der Waals surface area (Å²) in [5, 5.41) is 0. The van der Waals surface area contributed by atoms with E-state index < -0.39 is 35.7 Å². The van der Waals surface area contributed by atoms with Crippen molar-refractivity contribution in [2.45, 2.75) is 79.4 Å². The van der Waals surface area contributed by atoms with Gasteiger partial charge in [-0.25, -0.2) is 0 Å². The average Bonchev–Trinajstić information content (AvgIpc) is 2.90. The van der Waals surface area contributed by atoms with E-state index in [0.717, 1.165) is 29.7 Å². The molecule has 39 heavy (non-hydrogen) atoms. The molecule has 0 saturated heterocycles. The van der Waals surface area contributed by atoms with Gasteiger partial charge in [0.2, 0.25) is 0 Å². The lowest BCUT2D eigenvalue weighted by molar-refractivity contribution is -0.166. The van der Waals surface area contributed by atoms with Gasteiger partial charge < -0.3 is 18.9 Å². The Bertz CT molecular complexity index is 1030. The largest absolute Gasteiger partial charge is 0.493 e. The highest BCUT2D eigenvalue weighted by Crippen LogP contribution is 2.30. The van der Waals surface area contributed by atoms with E-state index in [2.05, 4.69) is 12.1 Å². The Hall–Kier alpha value is -3.35. The maximum Gasteiger partial charge on any atom is 0.310 e. The zero-order chi connectivity index (χ0) is 28.8. The van der Waals surface area contributed by atoms with Gasteiger partial charge in [-0.1, -0.05) is 62.4 Å². The molecule has 2 aromatic carbocycles. The predicted octanol–water partition coefficient (Wildman–Crippen LogP) is 6.63. The first-order chi connectivity index (χ1) is 18.6. The van der Waals surface area contributed by atoms with E-state index in [1.807, 2.05) is 42.5 Å². The SMILES string of the molecule is CC(C)OC(=O)C(C)C(CC(C)C(=O)OCCCCCOc1ccccc1-c1ccccc1)C(=O)OC(C)C. The molecule has 0 radical (unpaired) electrons. The third kappa shape index (κ3) is 11.1. The van der Waals surface area contributed by atoms with E-state index in [-0.39, 0.29) is 25.2 Å². The summed E-state index contributed by atoms with van der Waals surface area (Å²) >= 11 is 0. The minimum absolute atomic E-state index is 0.146. The number of benzene rings is 2. The van der Waals surface area contributed by atoms with Gasteiger partial charge in [-0.3, -0.25) is 14.4 Å². The average molecular weight is 541 g/mol. The second-order valence-corrected chi connectivity index (χ2v) is 10.4. The maximum atomic E-state index is 12.7. The minimum atomic E-state index is -0.794. The molecule has 2 aromatic rings. The molecule has 0 heterocycles. The Morgan fingerprint density at radius 1 is 0.667 bits per heavy atom. The summed E-state index contributed by atoms with van der Waals surface area (Å²) < 4.78 is 22.1. The monoisotopic (exact) mass is 540 g/mol. The van der Waals surface area contributed by atoms with E-state index >= 15 is 0 Å². The fourth-order valence-electron chi connectivity index (χ4n) is 4.13. The molecule has 0 aliphatic rings. The molecular formula is C32H44O7. The molecule has 0 aliphatic carbocycles. The predicted molar refractivity (Wildman–Crippen MR) is 151 cm³/mol. The van der Waals surface area contributed by atoms with Crippen molar-refractivity contribution in [3.63, 3.8) is 0 Å². The molecule has 0 saturated carbocycles. The highest BCUT2D eigenvalue weighted by Gasteiger charge is 2.36. The molecule has 2 rings (SSSR count). The van der Waals surface area contributed by atoms with E-state index in [0.29, 0.717) is 13.0 Å². The number of unbranched alkanes of at least 4 members (excludes halogenated alkanes) is 2. The van der Waals surface area contributed by atoms with Crippen LogP contribution in [0.25, 0.3) is 11.1 Å². The Labute approximate surface area is 233 Å². The van der Waals surface area contributed by atoms with Crippen molar-refractivity contribution < 1.29 is 33.3 Å². The number of ether oxygens (including phenoxy) is 4. The Morgan fingerprint density at radius 2 is 1.26 bits per heavy atom. The van der Waals surface area contributed by atoms with E-state index in [1.54, 1.807) is 41.5 Å². The summed E-state index contributed by atoms with van der Waals surface area (Å²) in [5.41, 5.74) is 2.17. The van der Waals surface area contributed by atoms with Crippen molar-refractivity contribution in [3.8, 4) is 16.9 Å². The molecule has 0 bridgehead atoms. The number of esters is 3. The highest BCUT2D eigenvalue weighted by atomic mass is 16.6. The molecule has 3 unspecified atom stereocenters. The highest BCUT2D eigenvalue weighted by molar-refractivity contribution is 5.83. The lowest BCUT2D eigenvalue weighted by atomic mass is 9.85. The van der Waals surface area contributed by atoms with Crippen LogP contribution in [0.2, 0.25) is 0 Å². The second kappa shape index (κ2) is 16.6. The smallest absolute Gasteiger partial charge is 0.310 e. The van der Waals surface area contributed by atoms with Crippen LogP contribution in [0.5, 0.6) is 5.75 Å². The summed E-state index contributed by atoms with van der Waals surface area (Å²) in [6.45, 7) is 11.2. The van der Waals surface area contributed by atoms with Crippen LogP contribution >= 0.6 is 0 Å². The van der Waals surface area contributed by atoms with Crippen molar-refractivity contribution in [2.24, 2.45) is 17.8 Å². The lowest BCUT2D eigenvalue weighted by Crippen LogP contribution is -2.35. The second-order valence-electron chi connectivity index (χ2n) is 10.4. The number of carbonyl (C=O) groups excluding carboxylic acids is 3. The molecule has 0 fully saturated rings. The zero-order valence-electron chi connectivity index (χ0n) is 24.2. The molecular weight excluding hydrogens is 496 g/mol. The summed E-state index contributed by atoms with van der Waals surface area (Å²) in [4.78, 5) is 37.8. The third-order valence-corrected chi connectivity index (χ3v) is 6.25. The summed E-state index contributed by atoms with van der Waals surface area (Å²) in [6.07, 6.45) is 1.90. The third-order valence-electron chi connectivity index (χ3n) is 6.25. The lowest BCUT2D eigenvalue weighted by Gasteiger charge is -2.25. The fraction of sp³-hybridized carbons (Fsp3) is 0.531. The quantitative estimate of drug-likeness (QED) is 0.134. The number of hydrogen-bond acceptors (Lipinski definition) is 7. The van der Waals surface area contributed by atoms with Gasteiger partial charge in [0.25, 0.3) is 0 Å². The first-order valence-corrected chi connectivity index (χ1v) is 13.9. The number of carbonyl (C=O) groups is 3. The molecule has 0 amide bonds. The van der Waals surface area contributed by atoms with Crippen molar-refractivity contribution in [1.82, 2.24) is 0 Å². The van der Waals surface area contributed by atoms with Crippen molar-refractivity contribution in [3.05, 3.63) is 54.6 Å². The van der Waals surface area contributed by atoms with Crippen molar-refractivity contribution in [2.75, 3.05) is 13.2 Å². The standard InChI is InChI=1S/C32H44O7/c1-22(2)38-31(34)25(6)28(32(35)39-23(3)4)21-24(5)30(33)37-20-14-8-13-19-36-29-18-12-11-17-27(29)26-15-9-7-10-16-26/h7,9-12,15-18,22-25,28H,8,13-14,19-21H2,1-6H3. The van der Waals surface area contributed by atoms with Crippen LogP contribution in [0.15, 0.2) is 54.6 Å². The van der Waals surface area contributed by atoms with Crippen LogP contribution in [0.3, 0.4) is 0 Å².